The van der Waals surface area contributed by atoms with Crippen molar-refractivity contribution >= 4 is 17.5 Å². The third-order valence-electron chi connectivity index (χ3n) is 4.07. The summed E-state index contributed by atoms with van der Waals surface area (Å²) in [5.74, 6) is 0.562. The van der Waals surface area contributed by atoms with E-state index in [0.717, 1.165) is 12.0 Å². The summed E-state index contributed by atoms with van der Waals surface area (Å²) in [5, 5.41) is 2.85. The van der Waals surface area contributed by atoms with Gasteiger partial charge in [0.15, 0.2) is 6.10 Å². The van der Waals surface area contributed by atoms with Crippen LogP contribution in [0, 0.1) is 5.92 Å². The van der Waals surface area contributed by atoms with Crippen molar-refractivity contribution in [2.45, 2.75) is 46.3 Å². The predicted octanol–water partition coefficient (Wildman–Crippen LogP) is 1.98. The van der Waals surface area contributed by atoms with E-state index in [-0.39, 0.29) is 24.4 Å². The highest BCUT2D eigenvalue weighted by Crippen LogP contribution is 2.36. The van der Waals surface area contributed by atoms with Crippen LogP contribution >= 0.6 is 0 Å². The van der Waals surface area contributed by atoms with Crippen molar-refractivity contribution in [3.63, 3.8) is 0 Å². The lowest BCUT2D eigenvalue weighted by molar-refractivity contribution is -0.128. The molecule has 0 fully saturated rings. The first-order valence-electron chi connectivity index (χ1n) is 8.47. The summed E-state index contributed by atoms with van der Waals surface area (Å²) in [6, 6.07) is 5.47. The summed E-state index contributed by atoms with van der Waals surface area (Å²) < 4.78 is 5.66. The van der Waals surface area contributed by atoms with Crippen molar-refractivity contribution in [2.75, 3.05) is 18.0 Å². The van der Waals surface area contributed by atoms with Crippen LogP contribution in [0.4, 0.5) is 5.69 Å². The number of rotatable bonds is 6. The van der Waals surface area contributed by atoms with E-state index in [1.807, 2.05) is 39.0 Å². The molecule has 0 saturated heterocycles. The van der Waals surface area contributed by atoms with Crippen molar-refractivity contribution in [1.29, 1.82) is 0 Å². The van der Waals surface area contributed by atoms with Crippen molar-refractivity contribution < 1.29 is 14.3 Å². The molecule has 132 valence electrons. The summed E-state index contributed by atoms with van der Waals surface area (Å²) >= 11 is 0. The molecule has 1 aliphatic rings. The molecule has 1 heterocycles. The Hall–Kier alpha value is -2.08. The summed E-state index contributed by atoms with van der Waals surface area (Å²) in [7, 11) is 0. The van der Waals surface area contributed by atoms with Crippen molar-refractivity contribution in [3.05, 3.63) is 23.8 Å². The highest BCUT2D eigenvalue weighted by molar-refractivity contribution is 6.03. The standard InChI is InChI=1S/C18H27N3O3/c1-5-14(19)13-6-7-16-15(8-13)21(18(23)12(4)24-16)10-17(22)20-9-11(2)3/h6-8,11-12,14H,5,9-10,19H2,1-4H3,(H,20,22). The predicted molar refractivity (Wildman–Crippen MR) is 94.0 cm³/mol. The van der Waals surface area contributed by atoms with E-state index in [9.17, 15) is 9.59 Å². The summed E-state index contributed by atoms with van der Waals surface area (Å²) in [6.07, 6.45) is 0.180. The van der Waals surface area contributed by atoms with Crippen LogP contribution in [0.5, 0.6) is 5.75 Å². The fraction of sp³-hybridized carbons (Fsp3) is 0.556. The number of fused-ring (bicyclic) bond motifs is 1. The van der Waals surface area contributed by atoms with E-state index in [1.165, 1.54) is 4.90 Å². The van der Waals surface area contributed by atoms with E-state index in [4.69, 9.17) is 10.5 Å². The lowest BCUT2D eigenvalue weighted by Gasteiger charge is -2.33. The lowest BCUT2D eigenvalue weighted by Crippen LogP contribution is -2.49. The van der Waals surface area contributed by atoms with Crippen LogP contribution in [-0.2, 0) is 9.59 Å². The maximum atomic E-state index is 12.5. The molecule has 2 amide bonds. The highest BCUT2D eigenvalue weighted by Gasteiger charge is 2.33. The zero-order valence-electron chi connectivity index (χ0n) is 14.8. The SMILES string of the molecule is CCC(N)c1ccc2c(c1)N(CC(=O)NCC(C)C)C(=O)C(C)O2. The fourth-order valence-electron chi connectivity index (χ4n) is 2.57. The minimum atomic E-state index is -0.610. The number of hydrogen-bond acceptors (Lipinski definition) is 4. The van der Waals surface area contributed by atoms with Crippen molar-refractivity contribution in [3.8, 4) is 5.75 Å². The first-order chi connectivity index (χ1) is 11.3. The van der Waals surface area contributed by atoms with Crippen LogP contribution in [0.3, 0.4) is 0 Å². The van der Waals surface area contributed by atoms with Crippen LogP contribution < -0.4 is 20.7 Å². The van der Waals surface area contributed by atoms with Gasteiger partial charge in [-0.3, -0.25) is 14.5 Å². The summed E-state index contributed by atoms with van der Waals surface area (Å²) in [6.45, 7) is 8.31. The molecule has 6 nitrogen and oxygen atoms in total. The average Bonchev–Trinajstić information content (AvgIpc) is 2.56. The number of nitrogens with two attached hydrogens (primary N) is 1. The van der Waals surface area contributed by atoms with Crippen LogP contribution in [0.1, 0.15) is 45.7 Å². The molecule has 24 heavy (non-hydrogen) atoms. The number of carbonyl (C=O) groups excluding carboxylic acids is 2. The number of hydrogen-bond donors (Lipinski definition) is 2. The molecule has 0 bridgehead atoms. The van der Waals surface area contributed by atoms with Gasteiger partial charge in [0.05, 0.1) is 5.69 Å². The van der Waals surface area contributed by atoms with Gasteiger partial charge >= 0.3 is 0 Å². The molecule has 0 aromatic heterocycles. The minimum absolute atomic E-state index is 0.0168. The molecule has 2 atom stereocenters. The van der Waals surface area contributed by atoms with E-state index >= 15 is 0 Å². The van der Waals surface area contributed by atoms with Gasteiger partial charge in [-0.2, -0.15) is 0 Å². The van der Waals surface area contributed by atoms with Crippen LogP contribution in [0.25, 0.3) is 0 Å². The number of anilines is 1. The smallest absolute Gasteiger partial charge is 0.268 e. The Labute approximate surface area is 143 Å². The lowest BCUT2D eigenvalue weighted by atomic mass is 10.0. The Balaban J connectivity index is 2.27. The van der Waals surface area contributed by atoms with E-state index in [0.29, 0.717) is 23.9 Å². The van der Waals surface area contributed by atoms with E-state index < -0.39 is 6.10 Å². The number of carbonyl (C=O) groups is 2. The second-order valence-corrected chi connectivity index (χ2v) is 6.62. The Bertz CT molecular complexity index is 616. The molecule has 2 unspecified atom stereocenters. The molecule has 0 saturated carbocycles. The fourth-order valence-corrected chi connectivity index (χ4v) is 2.57. The monoisotopic (exact) mass is 333 g/mol. The Morgan fingerprint density at radius 3 is 2.75 bits per heavy atom. The molecule has 2 rings (SSSR count). The molecular formula is C18H27N3O3. The Morgan fingerprint density at radius 1 is 1.42 bits per heavy atom. The number of amides is 2. The van der Waals surface area contributed by atoms with Crippen molar-refractivity contribution in [2.24, 2.45) is 11.7 Å². The second kappa shape index (κ2) is 7.66. The highest BCUT2D eigenvalue weighted by atomic mass is 16.5. The molecule has 1 aromatic carbocycles. The molecule has 3 N–H and O–H groups in total. The molecule has 1 aromatic rings. The van der Waals surface area contributed by atoms with Crippen LogP contribution in [0.15, 0.2) is 18.2 Å². The van der Waals surface area contributed by atoms with Gasteiger partial charge in [-0.15, -0.1) is 0 Å². The first kappa shape index (κ1) is 18.3. The first-order valence-corrected chi connectivity index (χ1v) is 8.47. The van der Waals surface area contributed by atoms with Gasteiger partial charge in [-0.05, 0) is 37.0 Å². The summed E-state index contributed by atoms with van der Waals surface area (Å²) in [5.41, 5.74) is 7.63. The number of ether oxygens (including phenoxy) is 1. The second-order valence-electron chi connectivity index (χ2n) is 6.62. The maximum absolute atomic E-state index is 12.5. The number of nitrogens with one attached hydrogen (secondary N) is 1. The van der Waals surface area contributed by atoms with Gasteiger partial charge in [-0.1, -0.05) is 26.8 Å². The third-order valence-corrected chi connectivity index (χ3v) is 4.07. The quantitative estimate of drug-likeness (QED) is 0.834. The van der Waals surface area contributed by atoms with Gasteiger partial charge in [0.1, 0.15) is 12.3 Å². The molecule has 6 heteroatoms. The third kappa shape index (κ3) is 4.06. The molecule has 1 aliphatic heterocycles. The van der Waals surface area contributed by atoms with Gasteiger partial charge in [0.2, 0.25) is 5.91 Å². The zero-order chi connectivity index (χ0) is 17.9. The van der Waals surface area contributed by atoms with Crippen LogP contribution in [0.2, 0.25) is 0 Å². The zero-order valence-corrected chi connectivity index (χ0v) is 14.8. The topological polar surface area (TPSA) is 84.7 Å². The maximum Gasteiger partial charge on any atom is 0.268 e. The molecule has 0 spiro atoms. The van der Waals surface area contributed by atoms with E-state index in [2.05, 4.69) is 5.32 Å². The van der Waals surface area contributed by atoms with Crippen molar-refractivity contribution in [1.82, 2.24) is 5.32 Å². The van der Waals surface area contributed by atoms with E-state index in [1.54, 1.807) is 6.92 Å². The van der Waals surface area contributed by atoms with Gasteiger partial charge in [0.25, 0.3) is 5.91 Å². The number of benzene rings is 1. The molecule has 0 aliphatic carbocycles. The summed E-state index contributed by atoms with van der Waals surface area (Å²) in [4.78, 5) is 26.2. The molecular weight excluding hydrogens is 306 g/mol. The normalized spacial score (nSPS) is 18.2. The average molecular weight is 333 g/mol. The molecule has 0 radical (unpaired) electrons. The largest absolute Gasteiger partial charge is 0.479 e. The van der Waals surface area contributed by atoms with Gasteiger partial charge in [0, 0.05) is 12.6 Å². The van der Waals surface area contributed by atoms with Gasteiger partial charge < -0.3 is 15.8 Å². The Morgan fingerprint density at radius 2 is 2.12 bits per heavy atom. The minimum Gasteiger partial charge on any atom is -0.479 e. The van der Waals surface area contributed by atoms with Gasteiger partial charge in [-0.25, -0.2) is 0 Å². The van der Waals surface area contributed by atoms with Crippen LogP contribution in [-0.4, -0.2) is 31.0 Å². The Kier molecular flexibility index (Phi) is 5.83. The number of nitrogens with zero attached hydrogens (tertiary/aromatic N) is 1.